The van der Waals surface area contributed by atoms with Crippen LogP contribution < -0.4 is 0 Å². The van der Waals surface area contributed by atoms with Gasteiger partial charge in [0.15, 0.2) is 0 Å². The Morgan fingerprint density at radius 1 is 0.778 bits per heavy atom. The molecule has 0 atom stereocenters. The molecule has 0 aliphatic rings. The SMILES string of the molecule is Cc1ccc2ncccc2c1.Cc1ccncc1. The van der Waals surface area contributed by atoms with Gasteiger partial charge in [-0.1, -0.05) is 17.7 Å². The van der Waals surface area contributed by atoms with Gasteiger partial charge in [-0.15, -0.1) is 0 Å². The van der Waals surface area contributed by atoms with Crippen LogP contribution in [0.2, 0.25) is 0 Å². The number of pyridine rings is 2. The molecule has 90 valence electrons. The molecule has 2 nitrogen and oxygen atoms in total. The predicted octanol–water partition coefficient (Wildman–Crippen LogP) is 3.93. The summed E-state index contributed by atoms with van der Waals surface area (Å²) in [6.07, 6.45) is 5.39. The molecule has 3 rings (SSSR count). The fourth-order valence-corrected chi connectivity index (χ4v) is 1.62. The van der Waals surface area contributed by atoms with Crippen molar-refractivity contribution in [2.45, 2.75) is 13.8 Å². The van der Waals surface area contributed by atoms with Crippen molar-refractivity contribution in [1.29, 1.82) is 0 Å². The molecule has 0 aliphatic heterocycles. The van der Waals surface area contributed by atoms with Crippen LogP contribution in [0, 0.1) is 13.8 Å². The topological polar surface area (TPSA) is 25.8 Å². The predicted molar refractivity (Wildman–Crippen MR) is 75.5 cm³/mol. The molecule has 2 heteroatoms. The Hall–Kier alpha value is -2.22. The molecule has 0 N–H and O–H groups in total. The summed E-state index contributed by atoms with van der Waals surface area (Å²) in [5.41, 5.74) is 3.61. The van der Waals surface area contributed by atoms with Crippen LogP contribution in [0.4, 0.5) is 0 Å². The lowest BCUT2D eigenvalue weighted by Crippen LogP contribution is -1.77. The third-order valence-electron chi connectivity index (χ3n) is 2.61. The fraction of sp³-hybridized carbons (Fsp3) is 0.125. The van der Waals surface area contributed by atoms with Crippen molar-refractivity contribution in [3.63, 3.8) is 0 Å². The molecular weight excluding hydrogens is 220 g/mol. The first kappa shape index (κ1) is 12.2. The molecule has 0 fully saturated rings. The maximum Gasteiger partial charge on any atom is 0.0702 e. The minimum Gasteiger partial charge on any atom is -0.265 e. The highest BCUT2D eigenvalue weighted by Crippen LogP contribution is 2.11. The van der Waals surface area contributed by atoms with Gasteiger partial charge in [0.05, 0.1) is 5.52 Å². The van der Waals surface area contributed by atoms with Gasteiger partial charge in [-0.05, 0) is 49.7 Å². The van der Waals surface area contributed by atoms with Crippen LogP contribution in [0.1, 0.15) is 11.1 Å². The minimum atomic E-state index is 1.07. The molecule has 0 unspecified atom stereocenters. The zero-order valence-corrected chi connectivity index (χ0v) is 10.7. The molecule has 18 heavy (non-hydrogen) atoms. The third kappa shape index (κ3) is 3.39. The van der Waals surface area contributed by atoms with Gasteiger partial charge in [-0.2, -0.15) is 0 Å². The number of aryl methyl sites for hydroxylation is 2. The molecule has 0 radical (unpaired) electrons. The largest absolute Gasteiger partial charge is 0.265 e. The zero-order chi connectivity index (χ0) is 12.8. The molecule has 0 amide bonds. The monoisotopic (exact) mass is 236 g/mol. The maximum absolute atomic E-state index is 4.22. The quantitative estimate of drug-likeness (QED) is 0.591. The van der Waals surface area contributed by atoms with E-state index in [1.54, 1.807) is 12.4 Å². The van der Waals surface area contributed by atoms with E-state index >= 15 is 0 Å². The minimum absolute atomic E-state index is 1.07. The summed E-state index contributed by atoms with van der Waals surface area (Å²) >= 11 is 0. The van der Waals surface area contributed by atoms with Crippen LogP contribution in [-0.2, 0) is 0 Å². The van der Waals surface area contributed by atoms with E-state index in [4.69, 9.17) is 0 Å². The molecule has 3 aromatic rings. The Labute approximate surface area is 107 Å². The van der Waals surface area contributed by atoms with Crippen LogP contribution >= 0.6 is 0 Å². The molecule has 0 bridgehead atoms. The number of hydrogen-bond acceptors (Lipinski definition) is 2. The first-order valence-electron chi connectivity index (χ1n) is 5.94. The maximum atomic E-state index is 4.22. The van der Waals surface area contributed by atoms with Gasteiger partial charge >= 0.3 is 0 Å². The summed E-state index contributed by atoms with van der Waals surface area (Å²) < 4.78 is 0. The van der Waals surface area contributed by atoms with Crippen molar-refractivity contribution in [2.75, 3.05) is 0 Å². The van der Waals surface area contributed by atoms with Crippen molar-refractivity contribution in [1.82, 2.24) is 9.97 Å². The van der Waals surface area contributed by atoms with Gasteiger partial charge in [-0.3, -0.25) is 9.97 Å². The third-order valence-corrected chi connectivity index (χ3v) is 2.61. The first-order chi connectivity index (χ1) is 8.75. The summed E-state index contributed by atoms with van der Waals surface area (Å²) in [7, 11) is 0. The highest BCUT2D eigenvalue weighted by atomic mass is 14.6. The van der Waals surface area contributed by atoms with E-state index < -0.39 is 0 Å². The van der Waals surface area contributed by atoms with Crippen molar-refractivity contribution in [3.05, 3.63) is 72.2 Å². The van der Waals surface area contributed by atoms with E-state index in [1.165, 1.54) is 16.5 Å². The number of benzene rings is 1. The van der Waals surface area contributed by atoms with Gasteiger partial charge in [0, 0.05) is 24.0 Å². The number of fused-ring (bicyclic) bond motifs is 1. The molecule has 0 spiro atoms. The van der Waals surface area contributed by atoms with Gasteiger partial charge in [0.2, 0.25) is 0 Å². The molecule has 0 saturated carbocycles. The van der Waals surface area contributed by atoms with Crippen molar-refractivity contribution in [3.8, 4) is 0 Å². The van der Waals surface area contributed by atoms with Crippen molar-refractivity contribution >= 4 is 10.9 Å². The lowest BCUT2D eigenvalue weighted by Gasteiger charge is -1.95. The number of nitrogens with zero attached hydrogens (tertiary/aromatic N) is 2. The molecule has 0 saturated heterocycles. The van der Waals surface area contributed by atoms with Crippen LogP contribution in [0.3, 0.4) is 0 Å². The average molecular weight is 236 g/mol. The van der Waals surface area contributed by atoms with E-state index in [0.29, 0.717) is 0 Å². The van der Waals surface area contributed by atoms with Crippen LogP contribution in [0.15, 0.2) is 61.1 Å². The second-order valence-electron chi connectivity index (χ2n) is 4.22. The van der Waals surface area contributed by atoms with Gasteiger partial charge in [-0.25, -0.2) is 0 Å². The molecular formula is C16H16N2. The van der Waals surface area contributed by atoms with Gasteiger partial charge in [0.25, 0.3) is 0 Å². The summed E-state index contributed by atoms with van der Waals surface area (Å²) in [5.74, 6) is 0. The Bertz CT molecular complexity index is 618. The fourth-order valence-electron chi connectivity index (χ4n) is 1.62. The number of rotatable bonds is 0. The van der Waals surface area contributed by atoms with E-state index in [1.807, 2.05) is 37.4 Å². The van der Waals surface area contributed by atoms with Gasteiger partial charge < -0.3 is 0 Å². The highest BCUT2D eigenvalue weighted by Gasteiger charge is 1.90. The summed E-state index contributed by atoms with van der Waals surface area (Å²) in [4.78, 5) is 8.07. The highest BCUT2D eigenvalue weighted by molar-refractivity contribution is 5.78. The first-order valence-corrected chi connectivity index (χ1v) is 5.94. The van der Waals surface area contributed by atoms with Gasteiger partial charge in [0.1, 0.15) is 0 Å². The normalized spacial score (nSPS) is 9.67. The second kappa shape index (κ2) is 5.92. The second-order valence-corrected chi connectivity index (χ2v) is 4.22. The van der Waals surface area contributed by atoms with E-state index in [-0.39, 0.29) is 0 Å². The van der Waals surface area contributed by atoms with Crippen molar-refractivity contribution in [2.24, 2.45) is 0 Å². The average Bonchev–Trinajstić information content (AvgIpc) is 2.40. The summed E-state index contributed by atoms with van der Waals surface area (Å²) in [5, 5.41) is 1.22. The molecule has 0 aliphatic carbocycles. The Morgan fingerprint density at radius 2 is 1.56 bits per heavy atom. The standard InChI is InChI=1S/C10H9N.C6H7N/c1-8-4-5-10-9(7-8)3-2-6-11-10;1-6-2-4-7-5-3-6/h2-7H,1H3;2-5H,1H3. The van der Waals surface area contributed by atoms with Crippen LogP contribution in [0.25, 0.3) is 10.9 Å². The van der Waals surface area contributed by atoms with E-state index in [2.05, 4.69) is 35.1 Å². The smallest absolute Gasteiger partial charge is 0.0702 e. The molecule has 2 aromatic heterocycles. The Kier molecular flexibility index (Phi) is 4.02. The van der Waals surface area contributed by atoms with E-state index in [9.17, 15) is 0 Å². The summed E-state index contributed by atoms with van der Waals surface area (Å²) in [6.45, 7) is 4.13. The number of aromatic nitrogens is 2. The van der Waals surface area contributed by atoms with Crippen LogP contribution in [0.5, 0.6) is 0 Å². The molecule has 1 aromatic carbocycles. The number of hydrogen-bond donors (Lipinski definition) is 0. The Balaban J connectivity index is 0.000000149. The van der Waals surface area contributed by atoms with E-state index in [0.717, 1.165) is 5.52 Å². The van der Waals surface area contributed by atoms with Crippen LogP contribution in [-0.4, -0.2) is 9.97 Å². The summed E-state index contributed by atoms with van der Waals surface area (Å²) in [6, 6.07) is 14.2. The zero-order valence-electron chi connectivity index (χ0n) is 10.7. The molecule has 2 heterocycles. The lowest BCUT2D eigenvalue weighted by molar-refractivity contribution is 1.29. The van der Waals surface area contributed by atoms with Crippen molar-refractivity contribution < 1.29 is 0 Å². The lowest BCUT2D eigenvalue weighted by atomic mass is 10.1. The Morgan fingerprint density at radius 3 is 2.22 bits per heavy atom.